The minimum absolute atomic E-state index is 0. The second kappa shape index (κ2) is 13.1. The molecule has 17 heteroatoms. The summed E-state index contributed by atoms with van der Waals surface area (Å²) in [5.41, 5.74) is 8.00. The number of amidine groups is 1. The number of carboxylic acids is 1. The van der Waals surface area contributed by atoms with Gasteiger partial charge in [0.15, 0.2) is 5.75 Å². The fraction of sp³-hybridized carbons (Fsp3) is 0. The van der Waals surface area contributed by atoms with Crippen molar-refractivity contribution in [2.75, 3.05) is 11.2 Å². The first-order valence-electron chi connectivity index (χ1n) is 9.53. The smallest absolute Gasteiger partial charge is 0.338 e. The van der Waals surface area contributed by atoms with Crippen molar-refractivity contribution in [3.8, 4) is 5.75 Å². The Morgan fingerprint density at radius 3 is 2.41 bits per heavy atom. The average molecular weight is 599 g/mol. The van der Waals surface area contributed by atoms with Gasteiger partial charge >= 0.3 is 5.97 Å². The number of nitrogen functional groups attached to an aromatic ring is 1. The van der Waals surface area contributed by atoms with Crippen molar-refractivity contribution < 1.29 is 59.7 Å². The molecule has 0 saturated carbocycles. The number of anilines is 2. The Bertz CT molecular complexity index is 1440. The molecule has 199 valence electrons. The monoisotopic (exact) mass is 598 g/mol. The second-order valence-corrected chi connectivity index (χ2v) is 8.90. The summed E-state index contributed by atoms with van der Waals surface area (Å²) < 4.78 is 36.2. The van der Waals surface area contributed by atoms with Crippen molar-refractivity contribution in [3.05, 3.63) is 71.8 Å². The van der Waals surface area contributed by atoms with Gasteiger partial charge in [0.05, 0.1) is 28.2 Å². The van der Waals surface area contributed by atoms with Crippen LogP contribution in [-0.4, -0.2) is 40.2 Å². The quantitative estimate of drug-likeness (QED) is 0.0197. The minimum atomic E-state index is -4.64. The largest absolute Gasteiger partial charge is 0.504 e. The van der Waals surface area contributed by atoms with Gasteiger partial charge in [-0.2, -0.15) is 13.5 Å². The molecule has 0 fully saturated rings. The second-order valence-electron chi connectivity index (χ2n) is 6.71. The molecule has 7 N–H and O–H groups in total. The number of hydrogen-bond acceptors (Lipinski definition) is 12. The van der Waals surface area contributed by atoms with Crippen LogP contribution >= 0.6 is 12.0 Å². The molecule has 3 rings (SSSR count). The SMILES string of the molecule is Nc1cc(SOOO)cc(NN=C(N=Nc2ccc(S(=O)(=O)O)cc2C(=O)O)c2ccccc2)c1O.[Cu]. The molecule has 14 nitrogen and oxygen atoms in total. The summed E-state index contributed by atoms with van der Waals surface area (Å²) in [6, 6.07) is 13.8. The van der Waals surface area contributed by atoms with Gasteiger partial charge in [-0.15, -0.1) is 14.6 Å². The summed E-state index contributed by atoms with van der Waals surface area (Å²) >= 11 is 0.593. The number of nitrogens with zero attached hydrogens (tertiary/aromatic N) is 3. The third kappa shape index (κ3) is 7.97. The Kier molecular flexibility index (Phi) is 10.5. The van der Waals surface area contributed by atoms with Crippen LogP contribution in [-0.2, 0) is 36.6 Å². The molecular weight excluding hydrogens is 582 g/mol. The molecule has 0 aliphatic carbocycles. The molecule has 0 aliphatic heterocycles. The molecule has 0 saturated heterocycles. The van der Waals surface area contributed by atoms with Crippen LogP contribution in [0.15, 0.2) is 85.8 Å². The maximum absolute atomic E-state index is 11.6. The third-order valence-electron chi connectivity index (χ3n) is 4.34. The van der Waals surface area contributed by atoms with E-state index in [1.54, 1.807) is 30.3 Å². The van der Waals surface area contributed by atoms with Crippen LogP contribution in [0.3, 0.4) is 0 Å². The first kappa shape index (κ1) is 29.7. The normalized spacial score (nSPS) is 11.8. The molecule has 0 spiro atoms. The van der Waals surface area contributed by atoms with Gasteiger partial charge < -0.3 is 15.9 Å². The van der Waals surface area contributed by atoms with E-state index in [1.807, 2.05) is 0 Å². The van der Waals surface area contributed by atoms with Gasteiger partial charge in [0.25, 0.3) is 10.1 Å². The van der Waals surface area contributed by atoms with Crippen molar-refractivity contribution >= 4 is 51.0 Å². The van der Waals surface area contributed by atoms with Crippen molar-refractivity contribution in [1.82, 2.24) is 0 Å². The first-order chi connectivity index (χ1) is 17.1. The number of rotatable bonds is 9. The number of azo groups is 1. The Labute approximate surface area is 224 Å². The Balaban J connectivity index is 0.00000481. The number of hydrazone groups is 1. The van der Waals surface area contributed by atoms with Gasteiger partial charge in [-0.25, -0.2) is 10.1 Å². The molecule has 0 amide bonds. The molecule has 0 aromatic heterocycles. The van der Waals surface area contributed by atoms with E-state index in [0.29, 0.717) is 22.5 Å². The zero-order valence-electron chi connectivity index (χ0n) is 18.1. The van der Waals surface area contributed by atoms with Crippen LogP contribution in [0.5, 0.6) is 5.75 Å². The molecule has 1 radical (unpaired) electrons. The zero-order chi connectivity index (χ0) is 26.3. The summed E-state index contributed by atoms with van der Waals surface area (Å²) in [5, 5.41) is 43.5. The predicted octanol–water partition coefficient (Wildman–Crippen LogP) is 3.90. The van der Waals surface area contributed by atoms with Crippen LogP contribution < -0.4 is 11.2 Å². The maximum Gasteiger partial charge on any atom is 0.338 e. The van der Waals surface area contributed by atoms with Gasteiger partial charge in [0.2, 0.25) is 5.84 Å². The zero-order valence-corrected chi connectivity index (χ0v) is 20.7. The molecule has 3 aromatic carbocycles. The van der Waals surface area contributed by atoms with E-state index in [9.17, 15) is 28.0 Å². The molecule has 3 aromatic rings. The maximum atomic E-state index is 11.6. The molecular formula is C20H17CuN5O9S2. The number of nitrogens with two attached hydrogens (primary N) is 1. The van der Waals surface area contributed by atoms with Gasteiger partial charge in [-0.1, -0.05) is 35.4 Å². The fourth-order valence-corrected chi connectivity index (χ4v) is 3.65. The van der Waals surface area contributed by atoms with Gasteiger partial charge in [-0.3, -0.25) is 9.98 Å². The minimum Gasteiger partial charge on any atom is -0.504 e. The van der Waals surface area contributed by atoms with E-state index in [1.165, 1.54) is 12.1 Å². The van der Waals surface area contributed by atoms with Crippen molar-refractivity contribution in [2.45, 2.75) is 9.79 Å². The summed E-state index contributed by atoms with van der Waals surface area (Å²) in [6.45, 7) is 0. The molecule has 0 unspecified atom stereocenters. The van der Waals surface area contributed by atoms with E-state index in [-0.39, 0.29) is 45.7 Å². The van der Waals surface area contributed by atoms with E-state index < -0.39 is 26.5 Å². The number of carbonyl (C=O) groups is 1. The third-order valence-corrected chi connectivity index (χ3v) is 5.74. The average Bonchev–Trinajstić information content (AvgIpc) is 2.85. The van der Waals surface area contributed by atoms with Crippen molar-refractivity contribution in [2.24, 2.45) is 15.3 Å². The Morgan fingerprint density at radius 2 is 1.78 bits per heavy atom. The van der Waals surface area contributed by atoms with Crippen molar-refractivity contribution in [3.63, 3.8) is 0 Å². The Morgan fingerprint density at radius 1 is 1.08 bits per heavy atom. The van der Waals surface area contributed by atoms with E-state index in [0.717, 1.165) is 18.2 Å². The summed E-state index contributed by atoms with van der Waals surface area (Å²) in [4.78, 5) is 11.3. The van der Waals surface area contributed by atoms with Gasteiger partial charge in [0.1, 0.15) is 11.4 Å². The molecule has 0 bridgehead atoms. The first-order valence-corrected chi connectivity index (χ1v) is 11.7. The predicted molar refractivity (Wildman–Crippen MR) is 128 cm³/mol. The summed E-state index contributed by atoms with van der Waals surface area (Å²) in [7, 11) is -4.64. The number of aromatic carboxylic acids is 1. The van der Waals surface area contributed by atoms with Crippen molar-refractivity contribution in [1.29, 1.82) is 0 Å². The molecule has 37 heavy (non-hydrogen) atoms. The van der Waals surface area contributed by atoms with Gasteiger partial charge in [-0.05, 0) is 30.3 Å². The van der Waals surface area contributed by atoms with Crippen LogP contribution in [0.4, 0.5) is 17.1 Å². The Hall–Kier alpha value is -3.54. The molecule has 0 atom stereocenters. The number of phenolic OH excluding ortho intramolecular Hbond substituents is 1. The van der Waals surface area contributed by atoms with Crippen LogP contribution in [0.2, 0.25) is 0 Å². The number of hydrogen-bond donors (Lipinski definition) is 6. The number of benzene rings is 3. The molecule has 0 aliphatic rings. The van der Waals surface area contributed by atoms with Crippen LogP contribution in [0.25, 0.3) is 0 Å². The molecule has 0 heterocycles. The van der Waals surface area contributed by atoms with E-state index >= 15 is 0 Å². The van der Waals surface area contributed by atoms with Gasteiger partial charge in [0, 0.05) is 27.5 Å². The number of nitrogens with one attached hydrogen (secondary N) is 1. The fourth-order valence-electron chi connectivity index (χ4n) is 2.70. The van der Waals surface area contributed by atoms with Crippen LogP contribution in [0.1, 0.15) is 15.9 Å². The standard InChI is InChI=1S/C20H17N5O9S2.Cu/c21-15-8-12(35-34-33-29)9-17(18(15)26)23-25-19(11-4-2-1-3-5-11)24-22-16-7-6-13(36(30,31)32)10-14(16)20(27)28;/h1-10,23,26,29H,21H2,(H,27,28)(H,30,31,32);. The van der Waals surface area contributed by atoms with E-state index in [4.69, 9.17) is 11.0 Å². The number of aromatic hydroxyl groups is 1. The summed E-state index contributed by atoms with van der Waals surface area (Å²) in [6.07, 6.45) is 0. The van der Waals surface area contributed by atoms with Crippen LogP contribution in [0, 0.1) is 0 Å². The topological polar surface area (TPSA) is 226 Å². The number of phenols is 1. The number of carboxylic acid groups (broad SMARTS) is 1. The summed E-state index contributed by atoms with van der Waals surface area (Å²) in [5.74, 6) is -1.92. The van der Waals surface area contributed by atoms with E-state index in [2.05, 4.69) is 30.1 Å².